The standard InChI is InChI=1S/C43H26N4/c1-2-11-29(12-3-1)45-36-17-6-4-13-30(36)33-25-27(21-23-37(33)45)28-22-24-38-34(26-28)31-14-10-15-32-42(31)46(38)40-19-8-9-20-41(40)47-39-18-7-5-16-35(39)44-43(32)47/h1-26H. The summed E-state index contributed by atoms with van der Waals surface area (Å²) in [7, 11) is 0. The second-order valence-electron chi connectivity index (χ2n) is 12.4. The average Bonchev–Trinajstić information content (AvgIpc) is 3.77. The van der Waals surface area contributed by atoms with E-state index in [1.54, 1.807) is 0 Å². The summed E-state index contributed by atoms with van der Waals surface area (Å²) in [6, 6.07) is 57.1. The molecule has 218 valence electrons. The number of para-hydroxylation sites is 7. The maximum Gasteiger partial charge on any atom is 0.147 e. The minimum Gasteiger partial charge on any atom is -0.309 e. The molecule has 0 amide bonds. The van der Waals surface area contributed by atoms with Crippen molar-refractivity contribution in [2.75, 3.05) is 0 Å². The van der Waals surface area contributed by atoms with Gasteiger partial charge in [-0.15, -0.1) is 0 Å². The van der Waals surface area contributed by atoms with E-state index in [2.05, 4.69) is 171 Å². The summed E-state index contributed by atoms with van der Waals surface area (Å²) >= 11 is 0. The minimum absolute atomic E-state index is 0.978. The predicted octanol–water partition coefficient (Wildman–Crippen LogP) is 11.0. The molecule has 0 aliphatic heterocycles. The van der Waals surface area contributed by atoms with Crippen molar-refractivity contribution < 1.29 is 0 Å². The van der Waals surface area contributed by atoms with Crippen molar-refractivity contribution >= 4 is 76.7 Å². The first kappa shape index (κ1) is 24.9. The first-order valence-corrected chi connectivity index (χ1v) is 16.1. The normalized spacial score (nSPS) is 12.3. The number of hydrogen-bond donors (Lipinski definition) is 0. The van der Waals surface area contributed by atoms with Gasteiger partial charge >= 0.3 is 0 Å². The van der Waals surface area contributed by atoms with Gasteiger partial charge in [-0.3, -0.25) is 4.40 Å². The molecule has 7 aromatic carbocycles. The van der Waals surface area contributed by atoms with Crippen LogP contribution in [-0.4, -0.2) is 18.4 Å². The van der Waals surface area contributed by atoms with Crippen LogP contribution in [0.15, 0.2) is 158 Å². The Balaban J connectivity index is 1.22. The molecule has 0 fully saturated rings. The number of hydrogen-bond acceptors (Lipinski definition) is 1. The van der Waals surface area contributed by atoms with E-state index >= 15 is 0 Å². The Morgan fingerprint density at radius 2 is 0.936 bits per heavy atom. The molecular formula is C43H26N4. The number of nitrogens with zero attached hydrogens (tertiary/aromatic N) is 4. The van der Waals surface area contributed by atoms with E-state index in [1.165, 1.54) is 60.4 Å². The average molecular weight is 599 g/mol. The summed E-state index contributed by atoms with van der Waals surface area (Å²) < 4.78 is 7.14. The number of imidazole rings is 1. The molecule has 0 aliphatic carbocycles. The molecule has 0 N–H and O–H groups in total. The summed E-state index contributed by atoms with van der Waals surface area (Å²) in [4.78, 5) is 5.20. The van der Waals surface area contributed by atoms with Gasteiger partial charge < -0.3 is 8.97 Å². The number of aromatic nitrogens is 4. The highest BCUT2D eigenvalue weighted by Gasteiger charge is 2.19. The van der Waals surface area contributed by atoms with Gasteiger partial charge in [0.15, 0.2) is 0 Å². The Bertz CT molecular complexity index is 3070. The first-order chi connectivity index (χ1) is 23.3. The zero-order chi connectivity index (χ0) is 30.6. The van der Waals surface area contributed by atoms with Gasteiger partial charge in [0, 0.05) is 32.6 Å². The van der Waals surface area contributed by atoms with Crippen molar-refractivity contribution in [2.45, 2.75) is 0 Å². The third-order valence-corrected chi connectivity index (χ3v) is 9.97. The zero-order valence-corrected chi connectivity index (χ0v) is 25.3. The third kappa shape index (κ3) is 3.28. The maximum absolute atomic E-state index is 5.20. The van der Waals surface area contributed by atoms with Crippen LogP contribution in [0.25, 0.3) is 93.5 Å². The quantitative estimate of drug-likeness (QED) is 0.194. The van der Waals surface area contributed by atoms with Crippen LogP contribution in [-0.2, 0) is 0 Å². The first-order valence-electron chi connectivity index (χ1n) is 16.1. The summed E-state index contributed by atoms with van der Waals surface area (Å²) in [5.74, 6) is 0. The van der Waals surface area contributed by atoms with Gasteiger partial charge in [0.25, 0.3) is 0 Å². The molecule has 0 bridgehead atoms. The molecule has 4 nitrogen and oxygen atoms in total. The highest BCUT2D eigenvalue weighted by molar-refractivity contribution is 6.19. The molecule has 4 heterocycles. The smallest absolute Gasteiger partial charge is 0.147 e. The summed E-state index contributed by atoms with van der Waals surface area (Å²) in [6.45, 7) is 0. The lowest BCUT2D eigenvalue weighted by Gasteiger charge is -2.08. The SMILES string of the molecule is c1ccc(-n2c3ccccc3c3cc(-c4ccc5c(c4)c4cccc6c7nc8ccccc8n7c7ccccc7n5c46)ccc32)cc1. The predicted molar refractivity (Wildman–Crippen MR) is 196 cm³/mol. The monoisotopic (exact) mass is 598 g/mol. The lowest BCUT2D eigenvalue weighted by Crippen LogP contribution is -1.92. The van der Waals surface area contributed by atoms with Crippen LogP contribution >= 0.6 is 0 Å². The van der Waals surface area contributed by atoms with Crippen LogP contribution in [0.2, 0.25) is 0 Å². The molecule has 4 heteroatoms. The van der Waals surface area contributed by atoms with Crippen molar-refractivity contribution in [2.24, 2.45) is 0 Å². The van der Waals surface area contributed by atoms with Crippen LogP contribution in [0, 0.1) is 0 Å². The fourth-order valence-corrected chi connectivity index (χ4v) is 7.98. The van der Waals surface area contributed by atoms with Crippen LogP contribution < -0.4 is 0 Å². The van der Waals surface area contributed by atoms with Crippen molar-refractivity contribution in [1.82, 2.24) is 18.4 Å². The number of fused-ring (bicyclic) bond motifs is 13. The van der Waals surface area contributed by atoms with Crippen molar-refractivity contribution in [3.05, 3.63) is 158 Å². The van der Waals surface area contributed by atoms with Crippen LogP contribution in [0.5, 0.6) is 0 Å². The zero-order valence-electron chi connectivity index (χ0n) is 25.3. The van der Waals surface area contributed by atoms with Crippen molar-refractivity contribution in [3.63, 3.8) is 0 Å². The van der Waals surface area contributed by atoms with Gasteiger partial charge in [-0.1, -0.05) is 84.9 Å². The molecule has 4 aromatic heterocycles. The fourth-order valence-electron chi connectivity index (χ4n) is 7.98. The van der Waals surface area contributed by atoms with E-state index in [0.29, 0.717) is 0 Å². The molecule has 0 saturated heterocycles. The van der Waals surface area contributed by atoms with E-state index in [0.717, 1.165) is 33.1 Å². The molecule has 0 spiro atoms. The Labute approximate surface area is 269 Å². The minimum atomic E-state index is 0.978. The molecule has 0 atom stereocenters. The second kappa shape index (κ2) is 9.09. The molecule has 0 aliphatic rings. The van der Waals surface area contributed by atoms with Gasteiger partial charge in [-0.05, 0) is 83.9 Å². The van der Waals surface area contributed by atoms with Gasteiger partial charge in [0.05, 0.1) is 44.1 Å². The number of benzene rings is 7. The molecular weight excluding hydrogens is 573 g/mol. The van der Waals surface area contributed by atoms with Crippen LogP contribution in [0.4, 0.5) is 0 Å². The molecule has 0 unspecified atom stereocenters. The summed E-state index contributed by atoms with van der Waals surface area (Å²) in [5, 5.41) is 6.14. The van der Waals surface area contributed by atoms with E-state index < -0.39 is 0 Å². The van der Waals surface area contributed by atoms with Crippen LogP contribution in [0.1, 0.15) is 0 Å². The Morgan fingerprint density at radius 1 is 0.362 bits per heavy atom. The van der Waals surface area contributed by atoms with E-state index in [4.69, 9.17) is 4.98 Å². The highest BCUT2D eigenvalue weighted by Crippen LogP contribution is 2.40. The molecule has 11 aromatic rings. The maximum atomic E-state index is 5.20. The lowest BCUT2D eigenvalue weighted by atomic mass is 10.0. The van der Waals surface area contributed by atoms with Crippen molar-refractivity contribution in [3.8, 4) is 16.8 Å². The van der Waals surface area contributed by atoms with E-state index in [9.17, 15) is 0 Å². The van der Waals surface area contributed by atoms with Gasteiger partial charge in [0.2, 0.25) is 0 Å². The van der Waals surface area contributed by atoms with Gasteiger partial charge in [-0.25, -0.2) is 4.98 Å². The van der Waals surface area contributed by atoms with Crippen molar-refractivity contribution in [1.29, 1.82) is 0 Å². The molecule has 0 saturated carbocycles. The lowest BCUT2D eigenvalue weighted by molar-refractivity contribution is 1.18. The molecule has 11 rings (SSSR count). The Hall–Kier alpha value is -6.39. The summed E-state index contributed by atoms with van der Waals surface area (Å²) in [5.41, 5.74) is 13.8. The largest absolute Gasteiger partial charge is 0.309 e. The molecule has 0 radical (unpaired) electrons. The van der Waals surface area contributed by atoms with Gasteiger partial charge in [-0.2, -0.15) is 0 Å². The number of rotatable bonds is 2. The topological polar surface area (TPSA) is 26.6 Å². The third-order valence-electron chi connectivity index (χ3n) is 9.97. The Morgan fingerprint density at radius 3 is 1.74 bits per heavy atom. The Kier molecular flexibility index (Phi) is 4.81. The van der Waals surface area contributed by atoms with E-state index in [-0.39, 0.29) is 0 Å². The second-order valence-corrected chi connectivity index (χ2v) is 12.4. The highest BCUT2D eigenvalue weighted by atomic mass is 15.0. The summed E-state index contributed by atoms with van der Waals surface area (Å²) in [6.07, 6.45) is 0. The van der Waals surface area contributed by atoms with Crippen LogP contribution in [0.3, 0.4) is 0 Å². The van der Waals surface area contributed by atoms with E-state index in [1.807, 2.05) is 0 Å². The molecule has 47 heavy (non-hydrogen) atoms. The fraction of sp³-hybridized carbons (Fsp3) is 0. The van der Waals surface area contributed by atoms with Gasteiger partial charge in [0.1, 0.15) is 5.65 Å².